The normalized spacial score (nSPS) is 10.7. The van der Waals surface area contributed by atoms with Crippen molar-refractivity contribution in [3.8, 4) is 0 Å². The number of carbonyl (C=O) groups excluding carboxylic acids is 1. The lowest BCUT2D eigenvalue weighted by atomic mass is 10.2. The molecule has 4 rings (SSSR count). The van der Waals surface area contributed by atoms with Gasteiger partial charge in [0.2, 0.25) is 0 Å². The Kier molecular flexibility index (Phi) is 4.80. The number of halogens is 1. The van der Waals surface area contributed by atoms with Crippen molar-refractivity contribution in [1.82, 2.24) is 4.98 Å². The molecule has 0 aliphatic heterocycles. The molecule has 1 heterocycles. The van der Waals surface area contributed by atoms with E-state index in [0.29, 0.717) is 17.2 Å². The zero-order valence-corrected chi connectivity index (χ0v) is 15.1. The largest absolute Gasteiger partial charge is 0.381 e. The first kappa shape index (κ1) is 17.2. The first-order valence-corrected chi connectivity index (χ1v) is 9.24. The molecule has 2 N–H and O–H groups in total. The Labute approximate surface area is 159 Å². The van der Waals surface area contributed by atoms with Crippen molar-refractivity contribution in [2.24, 2.45) is 0 Å². The van der Waals surface area contributed by atoms with Gasteiger partial charge in [0, 0.05) is 17.8 Å². The second-order valence-electron chi connectivity index (χ2n) is 6.00. The zero-order valence-electron chi connectivity index (χ0n) is 14.3. The van der Waals surface area contributed by atoms with Gasteiger partial charge in [-0.3, -0.25) is 10.1 Å². The average molecular weight is 377 g/mol. The SMILES string of the molecule is O=C(Nc1nc2ccccc2s1)c1ccc(NCc2ccc(F)cc2)cc1. The highest BCUT2D eigenvalue weighted by Gasteiger charge is 2.09. The van der Waals surface area contributed by atoms with Crippen molar-refractivity contribution in [3.05, 3.63) is 89.7 Å². The molecule has 6 heteroatoms. The Bertz CT molecular complexity index is 1040. The van der Waals surface area contributed by atoms with E-state index in [0.717, 1.165) is 21.5 Å². The maximum atomic E-state index is 12.9. The summed E-state index contributed by atoms with van der Waals surface area (Å²) in [7, 11) is 0. The molecule has 0 atom stereocenters. The summed E-state index contributed by atoms with van der Waals surface area (Å²) >= 11 is 1.45. The predicted octanol–water partition coefficient (Wildman–Crippen LogP) is 5.30. The van der Waals surface area contributed by atoms with E-state index in [2.05, 4.69) is 15.6 Å². The molecule has 0 saturated carbocycles. The van der Waals surface area contributed by atoms with Crippen LogP contribution in [0.5, 0.6) is 0 Å². The second-order valence-corrected chi connectivity index (χ2v) is 7.03. The summed E-state index contributed by atoms with van der Waals surface area (Å²) in [4.78, 5) is 16.8. The van der Waals surface area contributed by atoms with Crippen LogP contribution in [0.25, 0.3) is 10.2 Å². The fraction of sp³-hybridized carbons (Fsp3) is 0.0476. The molecular weight excluding hydrogens is 361 g/mol. The van der Waals surface area contributed by atoms with E-state index in [9.17, 15) is 9.18 Å². The first-order chi connectivity index (χ1) is 13.2. The van der Waals surface area contributed by atoms with Gasteiger partial charge in [0.1, 0.15) is 5.82 Å². The molecule has 27 heavy (non-hydrogen) atoms. The molecule has 4 aromatic rings. The summed E-state index contributed by atoms with van der Waals surface area (Å²) in [6, 6.07) is 21.3. The molecule has 0 saturated heterocycles. The Hall–Kier alpha value is -3.25. The summed E-state index contributed by atoms with van der Waals surface area (Å²) in [5.41, 5.74) is 3.30. The summed E-state index contributed by atoms with van der Waals surface area (Å²) in [5, 5.41) is 6.68. The summed E-state index contributed by atoms with van der Waals surface area (Å²) in [6.07, 6.45) is 0. The number of amides is 1. The van der Waals surface area contributed by atoms with E-state index >= 15 is 0 Å². The third-order valence-electron chi connectivity index (χ3n) is 4.07. The van der Waals surface area contributed by atoms with Gasteiger partial charge in [0.15, 0.2) is 5.13 Å². The number of rotatable bonds is 5. The zero-order chi connectivity index (χ0) is 18.6. The predicted molar refractivity (Wildman–Crippen MR) is 108 cm³/mol. The van der Waals surface area contributed by atoms with Crippen molar-refractivity contribution in [1.29, 1.82) is 0 Å². The van der Waals surface area contributed by atoms with E-state index in [1.807, 2.05) is 36.4 Å². The van der Waals surface area contributed by atoms with Crippen LogP contribution in [0.3, 0.4) is 0 Å². The number of anilines is 2. The van der Waals surface area contributed by atoms with Gasteiger partial charge in [-0.05, 0) is 54.1 Å². The van der Waals surface area contributed by atoms with Crippen LogP contribution in [0, 0.1) is 5.82 Å². The number of hydrogen-bond donors (Lipinski definition) is 2. The molecule has 0 spiro atoms. The molecule has 0 bridgehead atoms. The molecule has 0 fully saturated rings. The number of carbonyl (C=O) groups is 1. The van der Waals surface area contributed by atoms with E-state index in [4.69, 9.17) is 0 Å². The minimum Gasteiger partial charge on any atom is -0.381 e. The molecule has 3 aromatic carbocycles. The van der Waals surface area contributed by atoms with Gasteiger partial charge in [0.05, 0.1) is 10.2 Å². The quantitative estimate of drug-likeness (QED) is 0.496. The minimum absolute atomic E-state index is 0.195. The second kappa shape index (κ2) is 7.55. The van der Waals surface area contributed by atoms with Crippen LogP contribution in [0.4, 0.5) is 15.2 Å². The van der Waals surface area contributed by atoms with Gasteiger partial charge in [-0.1, -0.05) is 35.6 Å². The molecule has 1 aromatic heterocycles. The van der Waals surface area contributed by atoms with Gasteiger partial charge in [0.25, 0.3) is 5.91 Å². The minimum atomic E-state index is -0.248. The van der Waals surface area contributed by atoms with Gasteiger partial charge in [-0.15, -0.1) is 0 Å². The van der Waals surface area contributed by atoms with Crippen LogP contribution >= 0.6 is 11.3 Å². The molecule has 4 nitrogen and oxygen atoms in total. The number of hydrogen-bond acceptors (Lipinski definition) is 4. The standard InChI is InChI=1S/C21H16FN3OS/c22-16-9-5-14(6-10-16)13-23-17-11-7-15(8-12-17)20(26)25-21-24-18-3-1-2-4-19(18)27-21/h1-12,23H,13H2,(H,24,25,26). The highest BCUT2D eigenvalue weighted by Crippen LogP contribution is 2.25. The van der Waals surface area contributed by atoms with Crippen LogP contribution in [0.15, 0.2) is 72.8 Å². The van der Waals surface area contributed by atoms with Crippen molar-refractivity contribution in [2.75, 3.05) is 10.6 Å². The molecule has 134 valence electrons. The lowest BCUT2D eigenvalue weighted by Crippen LogP contribution is -2.11. The van der Waals surface area contributed by atoms with Gasteiger partial charge in [-0.2, -0.15) is 0 Å². The van der Waals surface area contributed by atoms with Crippen LogP contribution in [0.1, 0.15) is 15.9 Å². The summed E-state index contributed by atoms with van der Waals surface area (Å²) in [5.74, 6) is -0.443. The molecule has 0 radical (unpaired) electrons. The van der Waals surface area contributed by atoms with Crippen molar-refractivity contribution in [2.45, 2.75) is 6.54 Å². The maximum absolute atomic E-state index is 12.9. The lowest BCUT2D eigenvalue weighted by Gasteiger charge is -2.08. The highest BCUT2D eigenvalue weighted by molar-refractivity contribution is 7.22. The monoisotopic (exact) mass is 377 g/mol. The molecule has 0 unspecified atom stereocenters. The van der Waals surface area contributed by atoms with Gasteiger partial charge < -0.3 is 5.32 Å². The number of fused-ring (bicyclic) bond motifs is 1. The number of nitrogens with one attached hydrogen (secondary N) is 2. The molecule has 0 aliphatic carbocycles. The fourth-order valence-corrected chi connectivity index (χ4v) is 3.50. The van der Waals surface area contributed by atoms with E-state index in [1.54, 1.807) is 24.3 Å². The van der Waals surface area contributed by atoms with Crippen LogP contribution in [-0.4, -0.2) is 10.9 Å². The Morgan fingerprint density at radius 3 is 2.44 bits per heavy atom. The summed E-state index contributed by atoms with van der Waals surface area (Å²) < 4.78 is 14.0. The maximum Gasteiger partial charge on any atom is 0.257 e. The molecule has 0 aliphatic rings. The number of nitrogens with zero attached hydrogens (tertiary/aromatic N) is 1. The number of aromatic nitrogens is 1. The lowest BCUT2D eigenvalue weighted by molar-refractivity contribution is 0.102. The highest BCUT2D eigenvalue weighted by atomic mass is 32.1. The number of benzene rings is 3. The van der Waals surface area contributed by atoms with Gasteiger partial charge >= 0.3 is 0 Å². The van der Waals surface area contributed by atoms with Crippen molar-refractivity contribution in [3.63, 3.8) is 0 Å². The molecular formula is C21H16FN3OS. The van der Waals surface area contributed by atoms with Crippen LogP contribution < -0.4 is 10.6 Å². The number of thiazole rings is 1. The van der Waals surface area contributed by atoms with Crippen LogP contribution in [0.2, 0.25) is 0 Å². The van der Waals surface area contributed by atoms with E-state index in [1.165, 1.54) is 23.5 Å². The topological polar surface area (TPSA) is 54.0 Å². The van der Waals surface area contributed by atoms with E-state index in [-0.39, 0.29) is 11.7 Å². The smallest absolute Gasteiger partial charge is 0.257 e. The van der Waals surface area contributed by atoms with Crippen molar-refractivity contribution >= 4 is 38.3 Å². The third-order valence-corrected chi connectivity index (χ3v) is 5.02. The van der Waals surface area contributed by atoms with Crippen molar-refractivity contribution < 1.29 is 9.18 Å². The Morgan fingerprint density at radius 2 is 1.70 bits per heavy atom. The van der Waals surface area contributed by atoms with E-state index < -0.39 is 0 Å². The molecule has 1 amide bonds. The summed E-state index contributed by atoms with van der Waals surface area (Å²) in [6.45, 7) is 0.581. The fourth-order valence-electron chi connectivity index (χ4n) is 2.64. The number of para-hydroxylation sites is 1. The van der Waals surface area contributed by atoms with Crippen LogP contribution in [-0.2, 0) is 6.54 Å². The first-order valence-electron chi connectivity index (χ1n) is 8.43. The Morgan fingerprint density at radius 1 is 0.963 bits per heavy atom. The third kappa shape index (κ3) is 4.12. The average Bonchev–Trinajstić information content (AvgIpc) is 3.10. The van der Waals surface area contributed by atoms with Gasteiger partial charge in [-0.25, -0.2) is 9.37 Å². The Balaban J connectivity index is 1.38.